The van der Waals surface area contributed by atoms with Gasteiger partial charge in [0.05, 0.1) is 85.3 Å². The zero-order valence-electron chi connectivity index (χ0n) is 69.7. The van der Waals surface area contributed by atoms with E-state index in [2.05, 4.69) is 26.6 Å². The van der Waals surface area contributed by atoms with Crippen LogP contribution in [0.2, 0.25) is 0 Å². The van der Waals surface area contributed by atoms with Crippen molar-refractivity contribution in [2.75, 3.05) is 79.3 Å². The van der Waals surface area contributed by atoms with Crippen molar-refractivity contribution in [2.24, 2.45) is 0 Å². The Morgan fingerprint density at radius 2 is 0.492 bits per heavy atom. The summed E-state index contributed by atoms with van der Waals surface area (Å²) in [6.45, 7) is -8.44. The number of ether oxygens (including phenoxy) is 20. The van der Waals surface area contributed by atoms with Crippen LogP contribution in [-0.4, -0.2) is 565 Å². The molecule has 5 amide bonds. The van der Waals surface area contributed by atoms with Crippen LogP contribution in [0.4, 0.5) is 0 Å². The summed E-state index contributed by atoms with van der Waals surface area (Å²) in [4.78, 5) is 62.9. The summed E-state index contributed by atoms with van der Waals surface area (Å²) in [5.41, 5.74) is 0. The van der Waals surface area contributed by atoms with E-state index in [1.165, 1.54) is 0 Å². The van der Waals surface area contributed by atoms with Crippen LogP contribution in [0.5, 0.6) is 0 Å². The summed E-state index contributed by atoms with van der Waals surface area (Å²) in [6.07, 6.45) is -95.3. The molecule has 0 radical (unpaired) electrons. The first-order chi connectivity index (χ1) is 61.7. The van der Waals surface area contributed by atoms with Gasteiger partial charge >= 0.3 is 0 Å². The van der Waals surface area contributed by atoms with Gasteiger partial charge in [-0.2, -0.15) is 0 Å². The number of hydrogen-bond donors (Lipinski definition) is 33. The van der Waals surface area contributed by atoms with Gasteiger partial charge in [0.15, 0.2) is 62.9 Å². The molecule has 0 aromatic heterocycles. The molecule has 58 nitrogen and oxygen atoms in total. The highest BCUT2D eigenvalue weighted by Crippen LogP contribution is 2.41. The summed E-state index contributed by atoms with van der Waals surface area (Å²) in [5.74, 6) is -3.83. The zero-order valence-corrected chi connectivity index (χ0v) is 69.7. The summed E-state index contributed by atoms with van der Waals surface area (Å²) in [6, 6.07) is -8.78. The lowest BCUT2D eigenvalue weighted by Gasteiger charge is -2.51. The van der Waals surface area contributed by atoms with E-state index in [4.69, 9.17) is 94.7 Å². The van der Waals surface area contributed by atoms with Crippen LogP contribution in [-0.2, 0) is 119 Å². The van der Waals surface area contributed by atoms with E-state index in [9.17, 15) is 167 Å². The summed E-state index contributed by atoms with van der Waals surface area (Å²) >= 11 is 0. The molecule has 0 aromatic rings. The first kappa shape index (κ1) is 107. The molecular formula is C72H121N5O53. The molecule has 10 rings (SSSR count). The second kappa shape index (κ2) is 48.1. The predicted molar refractivity (Wildman–Crippen MR) is 400 cm³/mol. The van der Waals surface area contributed by atoms with Gasteiger partial charge in [-0.15, -0.1) is 0 Å². The molecule has 0 saturated carbocycles. The van der Waals surface area contributed by atoms with Gasteiger partial charge < -0.3 is 264 Å². The quantitative estimate of drug-likeness (QED) is 0.0255. The van der Waals surface area contributed by atoms with E-state index in [1.807, 2.05) is 0 Å². The molecule has 10 fully saturated rings. The highest BCUT2D eigenvalue weighted by Gasteiger charge is 2.62. The van der Waals surface area contributed by atoms with Gasteiger partial charge in [0.1, 0.15) is 244 Å². The molecule has 130 heavy (non-hydrogen) atoms. The van der Waals surface area contributed by atoms with Gasteiger partial charge in [0.25, 0.3) is 0 Å². The molecule has 33 N–H and O–H groups in total. The van der Waals surface area contributed by atoms with Crippen molar-refractivity contribution in [3.8, 4) is 0 Å². The Morgan fingerprint density at radius 1 is 0.254 bits per heavy atom. The summed E-state index contributed by atoms with van der Waals surface area (Å²) < 4.78 is 118. The topological polar surface area (TPSA) is 897 Å². The first-order valence-corrected chi connectivity index (χ1v) is 41.4. The summed E-state index contributed by atoms with van der Waals surface area (Å²) in [7, 11) is 0. The van der Waals surface area contributed by atoms with Crippen molar-refractivity contribution in [1.29, 1.82) is 0 Å². The van der Waals surface area contributed by atoms with Gasteiger partial charge in [-0.25, -0.2) is 0 Å². The standard InChI is InChI=1S/C72H121N5O53/c1-18(89)74-33-43(99)37(93)23(6-79)113-63(33)112-16-32-42(98)62(54(110)72(122-32)125-57-30(13-86)119-65(35(46(57)102)76-20(3)91)128-60-40(96)26(9-82)117-71(52(60)108)126-58-31(14-87)121-67(50(106)48(58)104)111-15-22(5-78)73-17-88)129-66-36(77-21(4)92)45(101)55(29(12-85)120-66)123-69-51(107)59(39(95)25(8-81)115-69)127-64-34(75-19(2)90)44(100)56(28(11-84)118-64)124-70-53(109)61(41(97)27(10-83)116-70)130-68-49(105)47(103)38(94)24(7-80)114-68/h17,22-72,78-87,93-110H,5-16H2,1-4H3,(H,73,88)(H,74,89)(H,75,90)(H,76,91)(H,77,92)/t22-,23-,24-,25-,26-,27-,28-,29-,30-,31-,32-,33-,34-,35-,36-,37-,38+,39+,40+,41+,42+,43-,44-,45-,46-,47+,48-,49-,50-,51-,52-,53-,54-,55-,56-,57-,58-,59+,60+,61+,62+,63-,64+,65+,66+,67-,68-,69+,70+,71+,72+/m1/s1. The van der Waals surface area contributed by atoms with Crippen LogP contribution in [0.15, 0.2) is 0 Å². The predicted octanol–water partition coefficient (Wildman–Crippen LogP) is -23.1. The van der Waals surface area contributed by atoms with Gasteiger partial charge in [0, 0.05) is 27.7 Å². The SMILES string of the molecule is CC(=O)N[C@H]1[C@H](O[C@H]2[C@@H](O)[C@@H](CO)O[C@@H](O[C@H]3[C@H](O)[C@@H](O)[C@H](OC[C@@H](CO)NC=O)O[C@@H]3CO)[C@@H]2O)O[C@H](CO)[C@@H](O[C@@H]2O[C@H](CO[C@@H]3O[C@H](CO)[C@@H](O)[C@H](O)[C@H]3NC(C)=O)[C@H](O)[C@H](O[C@@H]3O[C@H](CO)[C@@H](O[C@@H]4O[C@H](CO)[C@H](O)[C@H](O[C@@H]5O[C@H](CO)[C@@H](O[C@@H]6O[C@H](CO)[C@H](O)[C@H](O[C@H]7O[C@H](CO)[C@H](O)[C@H](O)[C@H]7O)[C@H]6O)[C@H](O)[C@H]5NC(C)=O)[C@H]4O)[C@H](O)[C@H]3NC(C)=O)[C@H]2O)[C@@H]1O. The van der Waals surface area contributed by atoms with Gasteiger partial charge in [-0.3, -0.25) is 24.0 Å². The minimum atomic E-state index is -2.53. The fraction of sp³-hybridized carbons (Fsp3) is 0.931. The molecule has 58 heteroatoms. The second-order valence-corrected chi connectivity index (χ2v) is 32.4. The van der Waals surface area contributed by atoms with E-state index >= 15 is 0 Å². The fourth-order valence-corrected chi connectivity index (χ4v) is 16.6. The molecule has 0 aliphatic carbocycles. The summed E-state index contributed by atoms with van der Waals surface area (Å²) in [5, 5.41) is 324. The van der Waals surface area contributed by atoms with Crippen LogP contribution < -0.4 is 26.6 Å². The lowest BCUT2D eigenvalue weighted by molar-refractivity contribution is -0.392. The van der Waals surface area contributed by atoms with Crippen molar-refractivity contribution < 1.29 is 262 Å². The van der Waals surface area contributed by atoms with Crippen LogP contribution in [0.3, 0.4) is 0 Å². The number of aliphatic hydroxyl groups is 28. The van der Waals surface area contributed by atoms with E-state index in [0.717, 1.165) is 27.7 Å². The molecule has 10 saturated heterocycles. The molecule has 0 spiro atoms. The largest absolute Gasteiger partial charge is 0.394 e. The Balaban J connectivity index is 0.888. The second-order valence-electron chi connectivity index (χ2n) is 32.4. The minimum Gasteiger partial charge on any atom is -0.394 e. The molecule has 752 valence electrons. The lowest BCUT2D eigenvalue weighted by atomic mass is 9.93. The third-order valence-corrected chi connectivity index (χ3v) is 23.4. The molecular weight excluding hydrogens is 1780 g/mol. The zero-order chi connectivity index (χ0) is 95.6. The van der Waals surface area contributed by atoms with Crippen molar-refractivity contribution in [3.63, 3.8) is 0 Å². The van der Waals surface area contributed by atoms with E-state index in [0.29, 0.717) is 0 Å². The van der Waals surface area contributed by atoms with Crippen LogP contribution in [0.25, 0.3) is 0 Å². The monoisotopic (exact) mass is 1900 g/mol. The lowest BCUT2D eigenvalue weighted by Crippen LogP contribution is -2.71. The Kier molecular flexibility index (Phi) is 39.8. The van der Waals surface area contributed by atoms with E-state index < -0.39 is 416 Å². The Labute approximate surface area is 736 Å². The normalized spacial score (nSPS) is 47.6. The number of nitrogens with one attached hydrogen (secondary N) is 5. The van der Waals surface area contributed by atoms with Crippen LogP contribution in [0.1, 0.15) is 27.7 Å². The average Bonchev–Trinajstić information content (AvgIpc) is 0.772. The van der Waals surface area contributed by atoms with Crippen molar-refractivity contribution >= 4 is 30.0 Å². The number of amides is 5. The maximum Gasteiger partial charge on any atom is 0.217 e. The van der Waals surface area contributed by atoms with Gasteiger partial charge in [-0.1, -0.05) is 0 Å². The Morgan fingerprint density at radius 3 is 0.800 bits per heavy atom. The number of hydrogen-bond acceptors (Lipinski definition) is 53. The molecule has 0 aromatic carbocycles. The van der Waals surface area contributed by atoms with Crippen LogP contribution >= 0.6 is 0 Å². The molecule has 0 unspecified atom stereocenters. The maximum absolute atomic E-state index is 13.3. The number of rotatable bonds is 38. The maximum atomic E-state index is 13.3. The van der Waals surface area contributed by atoms with E-state index in [1.54, 1.807) is 0 Å². The highest BCUT2D eigenvalue weighted by molar-refractivity contribution is 5.74. The number of carbonyl (C=O) groups excluding carboxylic acids is 5. The first-order valence-electron chi connectivity index (χ1n) is 41.4. The van der Waals surface area contributed by atoms with Gasteiger partial charge in [-0.05, 0) is 0 Å². The Bertz CT molecular complexity index is 3500. The number of carbonyl (C=O) groups is 5. The third kappa shape index (κ3) is 24.2. The molecule has 10 aliphatic rings. The molecule has 51 atom stereocenters. The minimum absolute atomic E-state index is 0.242. The Hall–Kier alpha value is -4.57. The molecule has 10 heterocycles. The van der Waals surface area contributed by atoms with Gasteiger partial charge in [0.2, 0.25) is 30.0 Å². The average molecular weight is 1900 g/mol. The van der Waals surface area contributed by atoms with Crippen molar-refractivity contribution in [2.45, 2.75) is 341 Å². The van der Waals surface area contributed by atoms with E-state index in [-0.39, 0.29) is 6.41 Å². The molecule has 0 bridgehead atoms. The van der Waals surface area contributed by atoms with Crippen molar-refractivity contribution in [1.82, 2.24) is 26.6 Å². The number of aliphatic hydroxyl groups excluding tert-OH is 28. The van der Waals surface area contributed by atoms with Crippen LogP contribution in [0, 0.1) is 0 Å². The highest BCUT2D eigenvalue weighted by atomic mass is 16.8. The van der Waals surface area contributed by atoms with Crippen molar-refractivity contribution in [3.05, 3.63) is 0 Å². The third-order valence-electron chi connectivity index (χ3n) is 23.4. The fourth-order valence-electron chi connectivity index (χ4n) is 16.6. The smallest absolute Gasteiger partial charge is 0.217 e. The molecule has 10 aliphatic heterocycles.